The van der Waals surface area contributed by atoms with E-state index in [-0.39, 0.29) is 17.1 Å². The summed E-state index contributed by atoms with van der Waals surface area (Å²) in [5.74, 6) is -1.48. The Labute approximate surface area is 154 Å². The molecule has 3 N–H and O–H groups in total. The van der Waals surface area contributed by atoms with Gasteiger partial charge in [-0.05, 0) is 37.6 Å². The van der Waals surface area contributed by atoms with Crippen LogP contribution in [0, 0.1) is 6.92 Å². The molecule has 1 heterocycles. The molecule has 0 bridgehead atoms. The van der Waals surface area contributed by atoms with Gasteiger partial charge in [-0.25, -0.2) is 0 Å². The first-order chi connectivity index (χ1) is 12.9. The lowest BCUT2D eigenvalue weighted by atomic mass is 9.94. The van der Waals surface area contributed by atoms with E-state index >= 15 is 0 Å². The zero-order valence-electron chi connectivity index (χ0n) is 14.6. The number of aliphatic carboxylic acids is 1. The third-order valence-electron chi connectivity index (χ3n) is 4.32. The van der Waals surface area contributed by atoms with Crippen molar-refractivity contribution in [1.82, 2.24) is 5.32 Å². The summed E-state index contributed by atoms with van der Waals surface area (Å²) < 4.78 is 5.61. The SMILES string of the molecule is Cc1c(C(=O)Nc2ccc(C(=O)NCC(=O)O)cc2)oc2c1C(=O)CCC2. The molecule has 0 aliphatic heterocycles. The minimum absolute atomic E-state index is 0.00623. The van der Waals surface area contributed by atoms with E-state index < -0.39 is 24.3 Å². The summed E-state index contributed by atoms with van der Waals surface area (Å²) >= 11 is 0. The maximum absolute atomic E-state index is 12.5. The fourth-order valence-corrected chi connectivity index (χ4v) is 3.02. The van der Waals surface area contributed by atoms with Crippen LogP contribution in [0.15, 0.2) is 28.7 Å². The second kappa shape index (κ2) is 7.45. The van der Waals surface area contributed by atoms with Gasteiger partial charge < -0.3 is 20.2 Å². The number of ketones is 1. The van der Waals surface area contributed by atoms with E-state index in [0.29, 0.717) is 41.8 Å². The van der Waals surface area contributed by atoms with Crippen LogP contribution in [0.2, 0.25) is 0 Å². The first-order valence-corrected chi connectivity index (χ1v) is 8.43. The highest BCUT2D eigenvalue weighted by atomic mass is 16.4. The molecule has 1 aromatic carbocycles. The highest BCUT2D eigenvalue weighted by molar-refractivity contribution is 6.07. The molecule has 0 saturated heterocycles. The van der Waals surface area contributed by atoms with Gasteiger partial charge in [0.15, 0.2) is 11.5 Å². The molecule has 8 heteroatoms. The third kappa shape index (κ3) is 3.89. The third-order valence-corrected chi connectivity index (χ3v) is 4.32. The highest BCUT2D eigenvalue weighted by Crippen LogP contribution is 2.29. The summed E-state index contributed by atoms with van der Waals surface area (Å²) in [5, 5.41) is 13.5. The summed E-state index contributed by atoms with van der Waals surface area (Å²) in [6, 6.07) is 5.99. The number of nitrogens with one attached hydrogen (secondary N) is 2. The van der Waals surface area contributed by atoms with Gasteiger partial charge in [-0.1, -0.05) is 0 Å². The van der Waals surface area contributed by atoms with Gasteiger partial charge in [-0.3, -0.25) is 19.2 Å². The summed E-state index contributed by atoms with van der Waals surface area (Å²) in [5.41, 5.74) is 1.76. The second-order valence-corrected chi connectivity index (χ2v) is 6.24. The van der Waals surface area contributed by atoms with Gasteiger partial charge in [0, 0.05) is 29.7 Å². The summed E-state index contributed by atoms with van der Waals surface area (Å²) in [7, 11) is 0. The molecule has 0 fully saturated rings. The van der Waals surface area contributed by atoms with E-state index in [1.807, 2.05) is 0 Å². The Morgan fingerprint density at radius 1 is 1.11 bits per heavy atom. The molecular weight excluding hydrogens is 352 g/mol. The molecule has 1 aliphatic rings. The average Bonchev–Trinajstić information content (AvgIpc) is 2.98. The number of amides is 2. The van der Waals surface area contributed by atoms with E-state index in [1.54, 1.807) is 6.92 Å². The Morgan fingerprint density at radius 2 is 1.81 bits per heavy atom. The topological polar surface area (TPSA) is 126 Å². The molecule has 27 heavy (non-hydrogen) atoms. The Morgan fingerprint density at radius 3 is 2.44 bits per heavy atom. The molecule has 0 atom stereocenters. The number of furan rings is 1. The van der Waals surface area contributed by atoms with Crippen LogP contribution < -0.4 is 10.6 Å². The fourth-order valence-electron chi connectivity index (χ4n) is 3.02. The predicted octanol–water partition coefficient (Wildman–Crippen LogP) is 2.17. The van der Waals surface area contributed by atoms with Crippen molar-refractivity contribution in [2.45, 2.75) is 26.2 Å². The largest absolute Gasteiger partial charge is 0.480 e. The normalized spacial score (nSPS) is 13.0. The van der Waals surface area contributed by atoms with E-state index in [0.717, 1.165) is 0 Å². The van der Waals surface area contributed by atoms with Crippen LogP contribution in [0.25, 0.3) is 0 Å². The van der Waals surface area contributed by atoms with Crippen molar-refractivity contribution in [3.63, 3.8) is 0 Å². The van der Waals surface area contributed by atoms with Crippen molar-refractivity contribution in [2.24, 2.45) is 0 Å². The second-order valence-electron chi connectivity index (χ2n) is 6.24. The van der Waals surface area contributed by atoms with Crippen LogP contribution in [0.5, 0.6) is 0 Å². The van der Waals surface area contributed by atoms with Crippen molar-refractivity contribution in [3.05, 3.63) is 52.5 Å². The molecule has 0 spiro atoms. The lowest BCUT2D eigenvalue weighted by molar-refractivity contribution is -0.135. The molecule has 8 nitrogen and oxygen atoms in total. The van der Waals surface area contributed by atoms with Crippen molar-refractivity contribution >= 4 is 29.3 Å². The lowest BCUT2D eigenvalue weighted by Gasteiger charge is -2.07. The Bertz CT molecular complexity index is 926. The number of carbonyl (C=O) groups is 4. The number of fused-ring (bicyclic) bond motifs is 1. The molecule has 1 aliphatic carbocycles. The molecule has 0 unspecified atom stereocenters. The van der Waals surface area contributed by atoms with Crippen LogP contribution in [0.4, 0.5) is 5.69 Å². The average molecular weight is 370 g/mol. The lowest BCUT2D eigenvalue weighted by Crippen LogP contribution is -2.29. The van der Waals surface area contributed by atoms with Gasteiger partial charge in [0.05, 0.1) is 5.56 Å². The Kier molecular flexibility index (Phi) is 5.07. The van der Waals surface area contributed by atoms with Gasteiger partial charge in [-0.15, -0.1) is 0 Å². The first kappa shape index (κ1) is 18.4. The monoisotopic (exact) mass is 370 g/mol. The summed E-state index contributed by atoms with van der Waals surface area (Å²) in [6.07, 6.45) is 1.81. The van der Waals surface area contributed by atoms with Gasteiger partial charge in [0.1, 0.15) is 12.3 Å². The van der Waals surface area contributed by atoms with E-state index in [4.69, 9.17) is 9.52 Å². The van der Waals surface area contributed by atoms with Gasteiger partial charge in [-0.2, -0.15) is 0 Å². The maximum atomic E-state index is 12.5. The number of carboxylic acids is 1. The number of carboxylic acid groups (broad SMARTS) is 1. The fraction of sp³-hybridized carbons (Fsp3) is 0.263. The minimum Gasteiger partial charge on any atom is -0.480 e. The zero-order valence-corrected chi connectivity index (χ0v) is 14.6. The molecule has 1 aromatic heterocycles. The van der Waals surface area contributed by atoms with Crippen LogP contribution in [-0.2, 0) is 11.2 Å². The smallest absolute Gasteiger partial charge is 0.322 e. The van der Waals surface area contributed by atoms with Crippen LogP contribution in [0.1, 0.15) is 55.4 Å². The quantitative estimate of drug-likeness (QED) is 0.741. The molecule has 0 radical (unpaired) electrons. The van der Waals surface area contributed by atoms with Crippen molar-refractivity contribution in [2.75, 3.05) is 11.9 Å². The molecular formula is C19H18N2O6. The number of anilines is 1. The van der Waals surface area contributed by atoms with Crippen molar-refractivity contribution < 1.29 is 28.7 Å². The van der Waals surface area contributed by atoms with E-state index in [2.05, 4.69) is 10.6 Å². The van der Waals surface area contributed by atoms with Gasteiger partial charge >= 0.3 is 5.97 Å². The number of benzene rings is 1. The minimum atomic E-state index is -1.14. The Balaban J connectivity index is 1.71. The molecule has 0 saturated carbocycles. The number of Topliss-reactive ketones (excluding diaryl/α,β-unsaturated/α-hetero) is 1. The van der Waals surface area contributed by atoms with Crippen LogP contribution >= 0.6 is 0 Å². The molecule has 3 rings (SSSR count). The summed E-state index contributed by atoms with van der Waals surface area (Å²) in [6.45, 7) is 1.22. The summed E-state index contributed by atoms with van der Waals surface area (Å²) in [4.78, 5) is 46.8. The van der Waals surface area contributed by atoms with E-state index in [9.17, 15) is 19.2 Å². The molecule has 140 valence electrons. The van der Waals surface area contributed by atoms with Gasteiger partial charge in [0.2, 0.25) is 0 Å². The van der Waals surface area contributed by atoms with Crippen LogP contribution in [0.3, 0.4) is 0 Å². The molecule has 2 aromatic rings. The zero-order chi connectivity index (χ0) is 19.6. The van der Waals surface area contributed by atoms with Gasteiger partial charge in [0.25, 0.3) is 11.8 Å². The first-order valence-electron chi connectivity index (χ1n) is 8.43. The van der Waals surface area contributed by atoms with Crippen molar-refractivity contribution in [1.29, 1.82) is 0 Å². The van der Waals surface area contributed by atoms with Crippen molar-refractivity contribution in [3.8, 4) is 0 Å². The number of aryl methyl sites for hydroxylation is 1. The Hall–Kier alpha value is -3.42. The molecule has 2 amide bonds. The highest BCUT2D eigenvalue weighted by Gasteiger charge is 2.28. The maximum Gasteiger partial charge on any atom is 0.322 e. The van der Waals surface area contributed by atoms with Crippen LogP contribution in [-0.4, -0.2) is 35.2 Å². The number of hydrogen-bond acceptors (Lipinski definition) is 5. The number of hydrogen-bond donors (Lipinski definition) is 3. The van der Waals surface area contributed by atoms with E-state index in [1.165, 1.54) is 24.3 Å². The number of rotatable bonds is 5. The standard InChI is InChI=1S/C19H18N2O6/c1-10-16-13(22)3-2-4-14(16)27-17(10)19(26)21-12-7-5-11(6-8-12)18(25)20-9-15(23)24/h5-8H,2-4,9H2,1H3,(H,20,25)(H,21,26)(H,23,24). The predicted molar refractivity (Wildman–Crippen MR) is 95.1 cm³/mol. The number of carbonyl (C=O) groups excluding carboxylic acids is 3.